The van der Waals surface area contributed by atoms with Gasteiger partial charge in [-0.3, -0.25) is 4.79 Å². The molecule has 1 aromatic rings. The lowest BCUT2D eigenvalue weighted by atomic mass is 10.2. The lowest BCUT2D eigenvalue weighted by molar-refractivity contribution is -0.117. The molecule has 0 bridgehead atoms. The van der Waals surface area contributed by atoms with Crippen LogP contribution in [0.4, 0.5) is 5.69 Å². The quantitative estimate of drug-likeness (QED) is 0.496. The number of rotatable bonds is 4. The van der Waals surface area contributed by atoms with Crippen molar-refractivity contribution < 1.29 is 4.79 Å². The molecule has 1 aromatic heterocycles. The van der Waals surface area contributed by atoms with Gasteiger partial charge in [-0.2, -0.15) is 5.26 Å². The van der Waals surface area contributed by atoms with Gasteiger partial charge in [-0.25, -0.2) is 4.98 Å². The summed E-state index contributed by atoms with van der Waals surface area (Å²) in [5.74, 6) is -0.431. The molecule has 0 aliphatic rings. The number of hydrogen-bond donors (Lipinski definition) is 2. The van der Waals surface area contributed by atoms with E-state index in [0.717, 1.165) is 0 Å². The van der Waals surface area contributed by atoms with Gasteiger partial charge in [0.1, 0.15) is 11.6 Å². The molecule has 2 N–H and O–H groups in total. The molecular weight excluding hydrogens is 252 g/mol. The first-order valence-corrected chi connectivity index (χ1v) is 5.70. The lowest BCUT2D eigenvalue weighted by Crippen LogP contribution is -2.31. The predicted molar refractivity (Wildman–Crippen MR) is 69.8 cm³/mol. The Hall–Kier alpha value is -2.06. The van der Waals surface area contributed by atoms with Gasteiger partial charge in [0.25, 0.3) is 5.91 Å². The molecule has 0 atom stereocenters. The highest BCUT2D eigenvalue weighted by atomic mass is 35.5. The minimum absolute atomic E-state index is 0.0244. The van der Waals surface area contributed by atoms with Gasteiger partial charge in [0.05, 0.1) is 5.69 Å². The highest BCUT2D eigenvalue weighted by molar-refractivity contribution is 6.32. The van der Waals surface area contributed by atoms with Gasteiger partial charge < -0.3 is 10.6 Å². The average molecular weight is 265 g/mol. The fourth-order valence-electron chi connectivity index (χ4n) is 1.13. The molecular formula is C12H13ClN4O. The number of aromatic nitrogens is 1. The van der Waals surface area contributed by atoms with E-state index in [2.05, 4.69) is 15.6 Å². The standard InChI is InChI=1S/C12H13ClN4O/c1-8(2)17-12(18)9(6-14)7-16-10-4-3-5-15-11(10)13/h3-5,7-8,16H,1-2H3,(H,17,18)/b9-7-. The minimum Gasteiger partial charge on any atom is -0.358 e. The van der Waals surface area contributed by atoms with Crippen LogP contribution in [0.5, 0.6) is 0 Å². The summed E-state index contributed by atoms with van der Waals surface area (Å²) in [5.41, 5.74) is 0.507. The predicted octanol–water partition coefficient (Wildman–Crippen LogP) is 2.08. The second-order valence-electron chi connectivity index (χ2n) is 3.78. The molecule has 0 fully saturated rings. The van der Waals surface area contributed by atoms with Crippen LogP contribution in [0.1, 0.15) is 13.8 Å². The first kappa shape index (κ1) is 14.0. The van der Waals surface area contributed by atoms with Crippen LogP contribution in [0.15, 0.2) is 30.1 Å². The van der Waals surface area contributed by atoms with Crippen LogP contribution in [0.2, 0.25) is 5.15 Å². The summed E-state index contributed by atoms with van der Waals surface area (Å²) in [7, 11) is 0. The molecule has 1 amide bonds. The van der Waals surface area contributed by atoms with Crippen molar-refractivity contribution in [2.45, 2.75) is 19.9 Å². The first-order chi connectivity index (χ1) is 8.54. The van der Waals surface area contributed by atoms with Crippen LogP contribution >= 0.6 is 11.6 Å². The summed E-state index contributed by atoms with van der Waals surface area (Å²) < 4.78 is 0. The van der Waals surface area contributed by atoms with Crippen molar-refractivity contribution in [2.24, 2.45) is 0 Å². The van der Waals surface area contributed by atoms with Crippen molar-refractivity contribution in [1.82, 2.24) is 10.3 Å². The topological polar surface area (TPSA) is 77.8 Å². The largest absolute Gasteiger partial charge is 0.358 e. The number of nitrogens with zero attached hydrogens (tertiary/aromatic N) is 2. The van der Waals surface area contributed by atoms with E-state index in [1.165, 1.54) is 6.20 Å². The van der Waals surface area contributed by atoms with Gasteiger partial charge >= 0.3 is 0 Å². The van der Waals surface area contributed by atoms with Crippen molar-refractivity contribution in [2.75, 3.05) is 5.32 Å². The summed E-state index contributed by atoms with van der Waals surface area (Å²) in [6, 6.07) is 5.18. The maximum Gasteiger partial charge on any atom is 0.263 e. The molecule has 18 heavy (non-hydrogen) atoms. The average Bonchev–Trinajstić information content (AvgIpc) is 2.31. The zero-order valence-corrected chi connectivity index (χ0v) is 10.8. The van der Waals surface area contributed by atoms with Crippen LogP contribution in [-0.4, -0.2) is 16.9 Å². The molecule has 0 saturated carbocycles. The van der Waals surface area contributed by atoms with Crippen LogP contribution in [0, 0.1) is 11.3 Å². The number of nitriles is 1. The highest BCUT2D eigenvalue weighted by Crippen LogP contribution is 2.17. The van der Waals surface area contributed by atoms with E-state index >= 15 is 0 Å². The third-order valence-electron chi connectivity index (χ3n) is 1.92. The van der Waals surface area contributed by atoms with Crippen LogP contribution in [-0.2, 0) is 4.79 Å². The fraction of sp³-hybridized carbons (Fsp3) is 0.250. The second-order valence-corrected chi connectivity index (χ2v) is 4.14. The zero-order chi connectivity index (χ0) is 13.5. The molecule has 1 rings (SSSR count). The Morgan fingerprint density at radius 2 is 2.33 bits per heavy atom. The Balaban J connectivity index is 2.79. The van der Waals surface area contributed by atoms with Crippen molar-refractivity contribution in [3.8, 4) is 6.07 Å². The highest BCUT2D eigenvalue weighted by Gasteiger charge is 2.09. The Labute approximate surface area is 110 Å². The third-order valence-corrected chi connectivity index (χ3v) is 2.22. The summed E-state index contributed by atoms with van der Waals surface area (Å²) in [6.07, 6.45) is 2.86. The lowest BCUT2D eigenvalue weighted by Gasteiger charge is -2.07. The van der Waals surface area contributed by atoms with Gasteiger partial charge in [0.15, 0.2) is 5.15 Å². The van der Waals surface area contributed by atoms with Gasteiger partial charge in [-0.1, -0.05) is 11.6 Å². The Morgan fingerprint density at radius 3 is 2.89 bits per heavy atom. The van der Waals surface area contributed by atoms with E-state index in [1.807, 2.05) is 19.9 Å². The number of amides is 1. The third kappa shape index (κ3) is 4.07. The summed E-state index contributed by atoms with van der Waals surface area (Å²) in [4.78, 5) is 15.5. The smallest absolute Gasteiger partial charge is 0.263 e. The van der Waals surface area contributed by atoms with Crippen molar-refractivity contribution >= 4 is 23.2 Å². The summed E-state index contributed by atoms with van der Waals surface area (Å²) >= 11 is 5.83. The summed E-state index contributed by atoms with van der Waals surface area (Å²) in [6.45, 7) is 3.64. The number of anilines is 1. The van der Waals surface area contributed by atoms with E-state index in [9.17, 15) is 4.79 Å². The second kappa shape index (κ2) is 6.62. The first-order valence-electron chi connectivity index (χ1n) is 5.32. The van der Waals surface area contributed by atoms with E-state index in [0.29, 0.717) is 5.69 Å². The maximum atomic E-state index is 11.6. The fourth-order valence-corrected chi connectivity index (χ4v) is 1.31. The van der Waals surface area contributed by atoms with Crippen LogP contribution in [0.3, 0.4) is 0 Å². The molecule has 1 heterocycles. The van der Waals surface area contributed by atoms with Gasteiger partial charge in [-0.05, 0) is 26.0 Å². The zero-order valence-electron chi connectivity index (χ0n) is 10.1. The Morgan fingerprint density at radius 1 is 1.61 bits per heavy atom. The summed E-state index contributed by atoms with van der Waals surface area (Å²) in [5, 5.41) is 14.6. The maximum absolute atomic E-state index is 11.6. The van der Waals surface area contributed by atoms with Gasteiger partial charge in [0.2, 0.25) is 0 Å². The number of halogens is 1. The van der Waals surface area contributed by atoms with E-state index < -0.39 is 5.91 Å². The van der Waals surface area contributed by atoms with Crippen LogP contribution < -0.4 is 10.6 Å². The molecule has 94 valence electrons. The minimum atomic E-state index is -0.431. The number of carbonyl (C=O) groups excluding carboxylic acids is 1. The SMILES string of the molecule is CC(C)NC(=O)/C(C#N)=C\Nc1cccnc1Cl. The van der Waals surface area contributed by atoms with Crippen molar-refractivity contribution in [1.29, 1.82) is 5.26 Å². The molecule has 0 aliphatic heterocycles. The molecule has 0 spiro atoms. The molecule has 0 saturated heterocycles. The van der Waals surface area contributed by atoms with E-state index in [-0.39, 0.29) is 16.8 Å². The number of nitrogens with one attached hydrogen (secondary N) is 2. The van der Waals surface area contributed by atoms with Crippen molar-refractivity contribution in [3.05, 3.63) is 35.3 Å². The normalized spacial score (nSPS) is 10.9. The van der Waals surface area contributed by atoms with E-state index in [4.69, 9.17) is 16.9 Å². The van der Waals surface area contributed by atoms with E-state index in [1.54, 1.807) is 18.3 Å². The Kier molecular flexibility index (Phi) is 5.15. The molecule has 0 aliphatic carbocycles. The van der Waals surface area contributed by atoms with Gasteiger partial charge in [0, 0.05) is 18.4 Å². The van der Waals surface area contributed by atoms with Crippen LogP contribution in [0.25, 0.3) is 0 Å². The van der Waals surface area contributed by atoms with Gasteiger partial charge in [-0.15, -0.1) is 0 Å². The molecule has 0 aromatic carbocycles. The molecule has 6 heteroatoms. The number of hydrogen-bond acceptors (Lipinski definition) is 4. The monoisotopic (exact) mass is 264 g/mol. The number of pyridine rings is 1. The molecule has 0 radical (unpaired) electrons. The van der Waals surface area contributed by atoms with Crippen molar-refractivity contribution in [3.63, 3.8) is 0 Å². The molecule has 5 nitrogen and oxygen atoms in total. The number of carbonyl (C=O) groups is 1. The Bertz CT molecular complexity index is 505. The molecule has 0 unspecified atom stereocenters.